The quantitative estimate of drug-likeness (QED) is 0.855. The highest BCUT2D eigenvalue weighted by molar-refractivity contribution is 5.85. The zero-order valence-corrected chi connectivity index (χ0v) is 9.52. The van der Waals surface area contributed by atoms with E-state index in [1.807, 2.05) is 24.3 Å². The number of fused-ring (bicyclic) bond motifs is 1. The van der Waals surface area contributed by atoms with Gasteiger partial charge in [-0.3, -0.25) is 4.79 Å². The maximum absolute atomic E-state index is 10.5. The Morgan fingerprint density at radius 3 is 2.88 bits per heavy atom. The minimum atomic E-state index is -0.812. The third-order valence-corrected chi connectivity index (χ3v) is 2.86. The highest BCUT2D eigenvalue weighted by Crippen LogP contribution is 2.33. The number of hydrogen-bond acceptors (Lipinski definition) is 1. The Labute approximate surface area is 101 Å². The minimum Gasteiger partial charge on any atom is -0.481 e. The van der Waals surface area contributed by atoms with Gasteiger partial charge in [-0.05, 0) is 28.7 Å². The third kappa shape index (κ3) is 2.36. The Morgan fingerprint density at radius 1 is 1.41 bits per heavy atom. The summed E-state index contributed by atoms with van der Waals surface area (Å²) in [5, 5.41) is 8.62. The molecule has 1 aliphatic carbocycles. The summed E-state index contributed by atoms with van der Waals surface area (Å²) in [5.41, 5.74) is 4.71. The van der Waals surface area contributed by atoms with E-state index in [9.17, 15) is 4.79 Å². The molecule has 0 unspecified atom stereocenters. The number of carboxylic acid groups (broad SMARTS) is 1. The van der Waals surface area contributed by atoms with Gasteiger partial charge in [-0.1, -0.05) is 49.1 Å². The second-order valence-electron chi connectivity index (χ2n) is 3.98. The van der Waals surface area contributed by atoms with Gasteiger partial charge in [0.2, 0.25) is 0 Å². The molecule has 1 aromatic carbocycles. The molecule has 0 bridgehead atoms. The van der Waals surface area contributed by atoms with Gasteiger partial charge in [-0.25, -0.2) is 0 Å². The van der Waals surface area contributed by atoms with Crippen molar-refractivity contribution in [1.82, 2.24) is 0 Å². The molecule has 0 amide bonds. The Balaban J connectivity index is 2.32. The van der Waals surface area contributed by atoms with E-state index in [1.165, 1.54) is 11.1 Å². The highest BCUT2D eigenvalue weighted by atomic mass is 16.4. The van der Waals surface area contributed by atoms with Crippen LogP contribution in [-0.2, 0) is 11.2 Å². The maximum Gasteiger partial charge on any atom is 0.307 e. The summed E-state index contributed by atoms with van der Waals surface area (Å²) in [6, 6.07) is 8.17. The molecule has 1 N–H and O–H groups in total. The van der Waals surface area contributed by atoms with Gasteiger partial charge in [0.15, 0.2) is 0 Å². The third-order valence-electron chi connectivity index (χ3n) is 2.86. The van der Waals surface area contributed by atoms with Gasteiger partial charge >= 0.3 is 5.97 Å². The van der Waals surface area contributed by atoms with Crippen LogP contribution in [0.1, 0.15) is 17.5 Å². The first-order chi connectivity index (χ1) is 8.22. The summed E-state index contributed by atoms with van der Waals surface area (Å²) in [6.45, 7) is 3.81. The lowest BCUT2D eigenvalue weighted by Gasteiger charge is -2.00. The lowest BCUT2D eigenvalue weighted by Crippen LogP contribution is -1.90. The Kier molecular flexibility index (Phi) is 3.24. The SMILES string of the molecule is C=CC1=C(/C=C\CC(=O)O)c2ccccc2C1. The average Bonchev–Trinajstić information content (AvgIpc) is 2.67. The zero-order valence-electron chi connectivity index (χ0n) is 9.52. The molecule has 2 nitrogen and oxygen atoms in total. The van der Waals surface area contributed by atoms with E-state index in [0.717, 1.165) is 17.6 Å². The molecule has 0 aliphatic heterocycles. The monoisotopic (exact) mass is 226 g/mol. The molecule has 0 aromatic heterocycles. The van der Waals surface area contributed by atoms with Crippen molar-refractivity contribution in [3.8, 4) is 0 Å². The number of allylic oxidation sites excluding steroid dienone is 4. The molecule has 17 heavy (non-hydrogen) atoms. The normalized spacial score (nSPS) is 14.1. The Hall–Kier alpha value is -2.09. The molecule has 0 radical (unpaired) electrons. The van der Waals surface area contributed by atoms with E-state index >= 15 is 0 Å². The van der Waals surface area contributed by atoms with Gasteiger partial charge in [0.05, 0.1) is 6.42 Å². The summed E-state index contributed by atoms with van der Waals surface area (Å²) >= 11 is 0. The van der Waals surface area contributed by atoms with Crippen LogP contribution in [0.15, 0.2) is 54.6 Å². The molecule has 0 atom stereocenters. The molecule has 0 saturated carbocycles. The van der Waals surface area contributed by atoms with E-state index in [2.05, 4.69) is 18.7 Å². The van der Waals surface area contributed by atoms with Crippen molar-refractivity contribution in [3.05, 3.63) is 65.8 Å². The van der Waals surface area contributed by atoms with Crippen LogP contribution in [0, 0.1) is 0 Å². The summed E-state index contributed by atoms with van der Waals surface area (Å²) < 4.78 is 0. The fraction of sp³-hybridized carbons (Fsp3) is 0.133. The van der Waals surface area contributed by atoms with E-state index in [1.54, 1.807) is 6.08 Å². The van der Waals surface area contributed by atoms with E-state index in [0.29, 0.717) is 0 Å². The van der Waals surface area contributed by atoms with E-state index < -0.39 is 5.97 Å². The van der Waals surface area contributed by atoms with Gasteiger partial charge in [0, 0.05) is 0 Å². The first kappa shape index (κ1) is 11.4. The number of rotatable bonds is 4. The van der Waals surface area contributed by atoms with Crippen LogP contribution < -0.4 is 0 Å². The van der Waals surface area contributed by atoms with Gasteiger partial charge in [0.25, 0.3) is 0 Å². The molecule has 2 rings (SSSR count). The fourth-order valence-electron chi connectivity index (χ4n) is 2.07. The lowest BCUT2D eigenvalue weighted by molar-refractivity contribution is -0.135. The van der Waals surface area contributed by atoms with Crippen molar-refractivity contribution >= 4 is 11.5 Å². The van der Waals surface area contributed by atoms with E-state index in [-0.39, 0.29) is 6.42 Å². The van der Waals surface area contributed by atoms with Crippen molar-refractivity contribution in [3.63, 3.8) is 0 Å². The molecule has 1 aliphatic rings. The smallest absolute Gasteiger partial charge is 0.307 e. The molecule has 0 fully saturated rings. The molecule has 86 valence electrons. The van der Waals surface area contributed by atoms with Crippen LogP contribution in [0.4, 0.5) is 0 Å². The number of carbonyl (C=O) groups is 1. The highest BCUT2D eigenvalue weighted by Gasteiger charge is 2.16. The van der Waals surface area contributed by atoms with Crippen LogP contribution in [-0.4, -0.2) is 11.1 Å². The first-order valence-corrected chi connectivity index (χ1v) is 5.54. The van der Waals surface area contributed by atoms with Crippen molar-refractivity contribution in [2.75, 3.05) is 0 Å². The summed E-state index contributed by atoms with van der Waals surface area (Å²) in [4.78, 5) is 10.5. The predicted molar refractivity (Wildman–Crippen MR) is 68.7 cm³/mol. The minimum absolute atomic E-state index is 0.0517. The first-order valence-electron chi connectivity index (χ1n) is 5.54. The largest absolute Gasteiger partial charge is 0.481 e. The second-order valence-corrected chi connectivity index (χ2v) is 3.98. The zero-order chi connectivity index (χ0) is 12.3. The molecular formula is C15H14O2. The second kappa shape index (κ2) is 4.83. The summed E-state index contributed by atoms with van der Waals surface area (Å²) in [5.74, 6) is -0.812. The van der Waals surface area contributed by atoms with E-state index in [4.69, 9.17) is 5.11 Å². The van der Waals surface area contributed by atoms with Gasteiger partial charge in [-0.2, -0.15) is 0 Å². The molecule has 1 aromatic rings. The summed E-state index contributed by atoms with van der Waals surface area (Å²) in [7, 11) is 0. The maximum atomic E-state index is 10.5. The van der Waals surface area contributed by atoms with Crippen LogP contribution in [0.2, 0.25) is 0 Å². The summed E-state index contributed by atoms with van der Waals surface area (Å²) in [6.07, 6.45) is 6.35. The standard InChI is InChI=1S/C15H14O2/c1-2-11-10-12-6-3-4-7-14(12)13(11)8-5-9-15(16)17/h2-8H,1,9-10H2,(H,16,17)/b8-5-. The van der Waals surface area contributed by atoms with Crippen molar-refractivity contribution in [1.29, 1.82) is 0 Å². The van der Waals surface area contributed by atoms with Gasteiger partial charge in [0.1, 0.15) is 0 Å². The fourth-order valence-corrected chi connectivity index (χ4v) is 2.07. The van der Waals surface area contributed by atoms with Crippen LogP contribution in [0.3, 0.4) is 0 Å². The van der Waals surface area contributed by atoms with Crippen LogP contribution >= 0.6 is 0 Å². The van der Waals surface area contributed by atoms with Crippen molar-refractivity contribution < 1.29 is 9.90 Å². The topological polar surface area (TPSA) is 37.3 Å². The Bertz CT molecular complexity index is 521. The Morgan fingerprint density at radius 2 is 2.18 bits per heavy atom. The molecular weight excluding hydrogens is 212 g/mol. The lowest BCUT2D eigenvalue weighted by atomic mass is 10.0. The van der Waals surface area contributed by atoms with Crippen LogP contribution in [0.25, 0.3) is 5.57 Å². The molecule has 0 spiro atoms. The average molecular weight is 226 g/mol. The molecule has 2 heteroatoms. The predicted octanol–water partition coefficient (Wildman–Crippen LogP) is 3.21. The number of benzene rings is 1. The van der Waals surface area contributed by atoms with Crippen molar-refractivity contribution in [2.24, 2.45) is 0 Å². The van der Waals surface area contributed by atoms with Gasteiger partial charge < -0.3 is 5.11 Å². The van der Waals surface area contributed by atoms with Crippen molar-refractivity contribution in [2.45, 2.75) is 12.8 Å². The molecule has 0 heterocycles. The van der Waals surface area contributed by atoms with Crippen LogP contribution in [0.5, 0.6) is 0 Å². The number of hydrogen-bond donors (Lipinski definition) is 1. The number of aliphatic carboxylic acids is 1. The number of carboxylic acids is 1. The molecule has 0 saturated heterocycles. The van der Waals surface area contributed by atoms with Gasteiger partial charge in [-0.15, -0.1) is 0 Å².